The van der Waals surface area contributed by atoms with Crippen LogP contribution in [-0.4, -0.2) is 20.6 Å². The van der Waals surface area contributed by atoms with Crippen LogP contribution < -0.4 is 0 Å². The third-order valence-corrected chi connectivity index (χ3v) is 6.32. The zero-order valence-corrected chi connectivity index (χ0v) is 18.2. The van der Waals surface area contributed by atoms with Gasteiger partial charge in [-0.25, -0.2) is 8.78 Å². The molecule has 1 aromatic heterocycles. The van der Waals surface area contributed by atoms with Gasteiger partial charge in [-0.2, -0.15) is 0 Å². The number of rotatable bonds is 4. The molecule has 1 saturated heterocycles. The second-order valence-corrected chi connectivity index (χ2v) is 8.54. The first kappa shape index (κ1) is 21.3. The van der Waals surface area contributed by atoms with E-state index in [9.17, 15) is 18.4 Å². The van der Waals surface area contributed by atoms with E-state index in [-0.39, 0.29) is 17.4 Å². The molecule has 0 unspecified atom stereocenters. The van der Waals surface area contributed by atoms with Crippen LogP contribution in [0.5, 0.6) is 0 Å². The molecule has 1 fully saturated rings. The average Bonchev–Trinajstić information content (AvgIpc) is 3.14. The SMILES string of the molecule is Cc1cc(/C=C2\SC(=O)N(Cc3ccc(F)cc3Cl)C2=O)c(C)n1-c1ccc(F)cc1. The van der Waals surface area contributed by atoms with Gasteiger partial charge in [0.25, 0.3) is 11.1 Å². The highest BCUT2D eigenvalue weighted by Crippen LogP contribution is 2.35. The van der Waals surface area contributed by atoms with Crippen LogP contribution in [0, 0.1) is 25.5 Å². The number of hydrogen-bond donors (Lipinski definition) is 0. The zero-order chi connectivity index (χ0) is 22.3. The molecular weight excluding hydrogens is 442 g/mol. The van der Waals surface area contributed by atoms with Crippen molar-refractivity contribution in [3.63, 3.8) is 0 Å². The second kappa shape index (κ2) is 8.32. The molecule has 158 valence electrons. The molecule has 0 saturated carbocycles. The van der Waals surface area contributed by atoms with Crippen LogP contribution in [0.15, 0.2) is 53.4 Å². The van der Waals surface area contributed by atoms with Crippen LogP contribution in [0.3, 0.4) is 0 Å². The van der Waals surface area contributed by atoms with Crippen molar-refractivity contribution in [2.24, 2.45) is 0 Å². The van der Waals surface area contributed by atoms with E-state index < -0.39 is 17.0 Å². The van der Waals surface area contributed by atoms with Crippen molar-refractivity contribution in [2.45, 2.75) is 20.4 Å². The lowest BCUT2D eigenvalue weighted by molar-refractivity contribution is -0.123. The van der Waals surface area contributed by atoms with E-state index in [1.165, 1.54) is 24.3 Å². The fourth-order valence-electron chi connectivity index (χ4n) is 3.52. The summed E-state index contributed by atoms with van der Waals surface area (Å²) in [5.74, 6) is -1.23. The summed E-state index contributed by atoms with van der Waals surface area (Å²) < 4.78 is 28.5. The maximum absolute atomic E-state index is 13.3. The molecule has 0 aliphatic carbocycles. The second-order valence-electron chi connectivity index (χ2n) is 7.14. The standard InChI is InChI=1S/C23H17ClF2N2O2S/c1-13-9-16(14(2)28(13)19-7-5-17(25)6-8-19)10-21-22(29)27(23(30)31-21)12-15-3-4-18(26)11-20(15)24/h3-11H,12H2,1-2H3/b21-10-. The molecule has 4 nitrogen and oxygen atoms in total. The number of aryl methyl sites for hydroxylation is 1. The van der Waals surface area contributed by atoms with E-state index in [1.807, 2.05) is 24.5 Å². The van der Waals surface area contributed by atoms with Gasteiger partial charge in [-0.1, -0.05) is 17.7 Å². The summed E-state index contributed by atoms with van der Waals surface area (Å²) in [7, 11) is 0. The van der Waals surface area contributed by atoms with Crippen molar-refractivity contribution >= 4 is 40.6 Å². The number of aromatic nitrogens is 1. The summed E-state index contributed by atoms with van der Waals surface area (Å²) in [5, 5.41) is -0.255. The molecule has 8 heteroatoms. The van der Waals surface area contributed by atoms with Crippen LogP contribution in [0.2, 0.25) is 5.02 Å². The fourth-order valence-corrected chi connectivity index (χ4v) is 4.58. The minimum Gasteiger partial charge on any atom is -0.318 e. The van der Waals surface area contributed by atoms with E-state index in [4.69, 9.17) is 11.6 Å². The topological polar surface area (TPSA) is 42.3 Å². The number of hydrogen-bond acceptors (Lipinski definition) is 3. The molecule has 0 N–H and O–H groups in total. The smallest absolute Gasteiger partial charge is 0.293 e. The lowest BCUT2D eigenvalue weighted by atomic mass is 10.2. The molecular formula is C23H17ClF2N2O2S. The van der Waals surface area contributed by atoms with Crippen LogP contribution in [-0.2, 0) is 11.3 Å². The maximum Gasteiger partial charge on any atom is 0.293 e. The van der Waals surface area contributed by atoms with Crippen LogP contribution in [0.1, 0.15) is 22.5 Å². The largest absolute Gasteiger partial charge is 0.318 e. The number of halogens is 3. The van der Waals surface area contributed by atoms with Gasteiger partial charge in [0.2, 0.25) is 0 Å². The van der Waals surface area contributed by atoms with E-state index in [2.05, 4.69) is 0 Å². The molecule has 0 spiro atoms. The highest BCUT2D eigenvalue weighted by molar-refractivity contribution is 8.18. The molecule has 2 heterocycles. The Bertz CT molecular complexity index is 1240. The zero-order valence-electron chi connectivity index (χ0n) is 16.7. The summed E-state index contributed by atoms with van der Waals surface area (Å²) in [6, 6.07) is 11.9. The van der Waals surface area contributed by atoms with Crippen LogP contribution >= 0.6 is 23.4 Å². The number of nitrogens with zero attached hydrogens (tertiary/aromatic N) is 2. The predicted octanol–water partition coefficient (Wildman–Crippen LogP) is 6.26. The van der Waals surface area contributed by atoms with Crippen molar-refractivity contribution < 1.29 is 18.4 Å². The van der Waals surface area contributed by atoms with Gasteiger partial charge in [-0.05, 0) is 85.3 Å². The van der Waals surface area contributed by atoms with Crippen LogP contribution in [0.25, 0.3) is 11.8 Å². The van der Waals surface area contributed by atoms with Crippen molar-refractivity contribution in [1.82, 2.24) is 9.47 Å². The first-order chi connectivity index (χ1) is 14.7. The monoisotopic (exact) mass is 458 g/mol. The summed E-state index contributed by atoms with van der Waals surface area (Å²) in [5.41, 5.74) is 3.84. The molecule has 0 radical (unpaired) electrons. The molecule has 0 bridgehead atoms. The Kier molecular flexibility index (Phi) is 5.73. The van der Waals surface area contributed by atoms with Gasteiger partial charge >= 0.3 is 0 Å². The Labute approximate surface area is 187 Å². The van der Waals surface area contributed by atoms with Gasteiger partial charge in [-0.15, -0.1) is 0 Å². The molecule has 3 aromatic rings. The number of amides is 2. The van der Waals surface area contributed by atoms with Gasteiger partial charge < -0.3 is 4.57 Å². The molecule has 2 amide bonds. The van der Waals surface area contributed by atoms with Crippen molar-refractivity contribution in [3.05, 3.63) is 92.6 Å². The highest BCUT2D eigenvalue weighted by Gasteiger charge is 2.35. The molecule has 31 heavy (non-hydrogen) atoms. The molecule has 0 atom stereocenters. The number of carbonyl (C=O) groups excluding carboxylic acids is 2. The lowest BCUT2D eigenvalue weighted by Crippen LogP contribution is -2.27. The quantitative estimate of drug-likeness (QED) is 0.433. The summed E-state index contributed by atoms with van der Waals surface area (Å²) in [4.78, 5) is 26.7. The summed E-state index contributed by atoms with van der Waals surface area (Å²) in [6.07, 6.45) is 1.68. The van der Waals surface area contributed by atoms with Crippen molar-refractivity contribution in [3.8, 4) is 5.69 Å². The number of benzene rings is 2. The van der Waals surface area contributed by atoms with E-state index in [0.29, 0.717) is 10.5 Å². The Morgan fingerprint density at radius 3 is 2.35 bits per heavy atom. The van der Waals surface area contributed by atoms with Gasteiger partial charge in [0.15, 0.2) is 0 Å². The minimum atomic E-state index is -0.487. The number of thioether (sulfide) groups is 1. The molecule has 1 aliphatic heterocycles. The fraction of sp³-hybridized carbons (Fsp3) is 0.130. The summed E-state index contributed by atoms with van der Waals surface area (Å²) >= 11 is 6.89. The Balaban J connectivity index is 1.62. The van der Waals surface area contributed by atoms with Gasteiger partial charge in [0.1, 0.15) is 11.6 Å². The predicted molar refractivity (Wildman–Crippen MR) is 118 cm³/mol. The van der Waals surface area contributed by atoms with Crippen LogP contribution in [0.4, 0.5) is 13.6 Å². The maximum atomic E-state index is 13.3. The van der Waals surface area contributed by atoms with E-state index in [0.717, 1.165) is 45.4 Å². The third-order valence-electron chi connectivity index (χ3n) is 5.06. The van der Waals surface area contributed by atoms with Crippen molar-refractivity contribution in [1.29, 1.82) is 0 Å². The lowest BCUT2D eigenvalue weighted by Gasteiger charge is -2.13. The minimum absolute atomic E-state index is 0.0320. The van der Waals surface area contributed by atoms with Gasteiger partial charge in [0.05, 0.1) is 11.4 Å². The Morgan fingerprint density at radius 2 is 1.68 bits per heavy atom. The number of imide groups is 1. The molecule has 2 aromatic carbocycles. The molecule has 1 aliphatic rings. The normalized spacial score (nSPS) is 15.4. The Morgan fingerprint density at radius 1 is 1.00 bits per heavy atom. The highest BCUT2D eigenvalue weighted by atomic mass is 35.5. The first-order valence-corrected chi connectivity index (χ1v) is 10.6. The number of carbonyl (C=O) groups is 2. The molecule has 4 rings (SSSR count). The van der Waals surface area contributed by atoms with Gasteiger partial charge in [-0.3, -0.25) is 14.5 Å². The van der Waals surface area contributed by atoms with E-state index in [1.54, 1.807) is 18.2 Å². The Hall–Kier alpha value is -2.90. The average molecular weight is 459 g/mol. The van der Waals surface area contributed by atoms with Gasteiger partial charge in [0, 0.05) is 22.1 Å². The third kappa shape index (κ3) is 4.16. The first-order valence-electron chi connectivity index (χ1n) is 9.39. The van der Waals surface area contributed by atoms with E-state index >= 15 is 0 Å². The van der Waals surface area contributed by atoms with Crippen molar-refractivity contribution in [2.75, 3.05) is 0 Å². The summed E-state index contributed by atoms with van der Waals surface area (Å²) in [6.45, 7) is 3.77.